The predicted octanol–water partition coefficient (Wildman–Crippen LogP) is 4.08. The van der Waals surface area contributed by atoms with Gasteiger partial charge in [0, 0.05) is 0 Å². The normalized spacial score (nSPS) is 19.8. The number of ether oxygens (including phenoxy) is 2. The second-order valence-electron chi connectivity index (χ2n) is 7.79. The smallest absolute Gasteiger partial charge is 0.408 e. The molecular formula is C20H25F2NO3. The topological polar surface area (TPSA) is 47.6 Å². The molecule has 4 nitrogen and oxygen atoms in total. The molecule has 0 saturated carbocycles. The number of amides is 1. The monoisotopic (exact) mass is 365 g/mol. The standard InChI is InChI=1S/C20H25F2NO3/c1-19(2,3)26-18(24)23-10-6-7-16-15-9-8-14(21)11-13(15)12-25-17(16)20(4,5)22/h8-9,11,16-17H,10,12H2,1-5H3,(H,23,24)/t16-,17+/m1/s1. The molecule has 0 saturated heterocycles. The first-order valence-corrected chi connectivity index (χ1v) is 8.51. The van der Waals surface area contributed by atoms with Gasteiger partial charge >= 0.3 is 6.09 Å². The maximum Gasteiger partial charge on any atom is 0.408 e. The lowest BCUT2D eigenvalue weighted by Crippen LogP contribution is -2.41. The largest absolute Gasteiger partial charge is 0.444 e. The Balaban J connectivity index is 2.15. The highest BCUT2D eigenvalue weighted by atomic mass is 19.1. The molecule has 1 aliphatic rings. The highest BCUT2D eigenvalue weighted by Gasteiger charge is 2.40. The van der Waals surface area contributed by atoms with Crippen LogP contribution in [0.25, 0.3) is 0 Å². The summed E-state index contributed by atoms with van der Waals surface area (Å²) in [5.74, 6) is 4.86. The number of alkyl halides is 1. The van der Waals surface area contributed by atoms with E-state index < -0.39 is 29.4 Å². The number of carbonyl (C=O) groups excluding carboxylic acids is 1. The number of rotatable bonds is 2. The molecule has 2 rings (SSSR count). The molecule has 0 spiro atoms. The van der Waals surface area contributed by atoms with Crippen molar-refractivity contribution in [3.05, 3.63) is 35.1 Å². The molecule has 1 amide bonds. The minimum Gasteiger partial charge on any atom is -0.444 e. The Kier molecular flexibility index (Phi) is 5.92. The van der Waals surface area contributed by atoms with E-state index in [-0.39, 0.29) is 19.0 Å². The van der Waals surface area contributed by atoms with Gasteiger partial charge in [-0.1, -0.05) is 17.9 Å². The van der Waals surface area contributed by atoms with Crippen LogP contribution in [-0.4, -0.2) is 30.0 Å². The molecule has 1 N–H and O–H groups in total. The van der Waals surface area contributed by atoms with E-state index in [0.717, 1.165) is 5.56 Å². The summed E-state index contributed by atoms with van der Waals surface area (Å²) in [6.07, 6.45) is -1.36. The Morgan fingerprint density at radius 2 is 2.04 bits per heavy atom. The Bertz CT molecular complexity index is 723. The van der Waals surface area contributed by atoms with Gasteiger partial charge in [0.2, 0.25) is 0 Å². The summed E-state index contributed by atoms with van der Waals surface area (Å²) >= 11 is 0. The molecule has 142 valence electrons. The molecule has 2 atom stereocenters. The molecule has 1 aromatic carbocycles. The van der Waals surface area contributed by atoms with Gasteiger partial charge in [0.25, 0.3) is 0 Å². The summed E-state index contributed by atoms with van der Waals surface area (Å²) in [5, 5.41) is 2.54. The van der Waals surface area contributed by atoms with Crippen molar-refractivity contribution in [1.29, 1.82) is 0 Å². The Morgan fingerprint density at radius 1 is 1.35 bits per heavy atom. The van der Waals surface area contributed by atoms with Gasteiger partial charge in [0.1, 0.15) is 23.2 Å². The van der Waals surface area contributed by atoms with E-state index in [1.54, 1.807) is 26.8 Å². The van der Waals surface area contributed by atoms with Gasteiger partial charge in [-0.3, -0.25) is 0 Å². The van der Waals surface area contributed by atoms with Crippen LogP contribution in [0.1, 0.15) is 51.7 Å². The average molecular weight is 365 g/mol. The van der Waals surface area contributed by atoms with E-state index >= 15 is 0 Å². The van der Waals surface area contributed by atoms with Crippen LogP contribution in [0.2, 0.25) is 0 Å². The summed E-state index contributed by atoms with van der Waals surface area (Å²) in [4.78, 5) is 11.6. The van der Waals surface area contributed by atoms with Crippen molar-refractivity contribution in [3.63, 3.8) is 0 Å². The molecule has 0 aromatic heterocycles. The van der Waals surface area contributed by atoms with E-state index in [1.807, 2.05) is 0 Å². The zero-order valence-electron chi connectivity index (χ0n) is 15.8. The quantitative estimate of drug-likeness (QED) is 0.803. The van der Waals surface area contributed by atoms with Gasteiger partial charge in [0.05, 0.1) is 19.1 Å². The van der Waals surface area contributed by atoms with Crippen LogP contribution in [0.5, 0.6) is 0 Å². The first-order valence-electron chi connectivity index (χ1n) is 8.51. The summed E-state index contributed by atoms with van der Waals surface area (Å²) in [6, 6.07) is 4.33. The number of hydrogen-bond acceptors (Lipinski definition) is 3. The summed E-state index contributed by atoms with van der Waals surface area (Å²) in [7, 11) is 0. The van der Waals surface area contributed by atoms with E-state index in [4.69, 9.17) is 9.47 Å². The molecule has 0 unspecified atom stereocenters. The summed E-state index contributed by atoms with van der Waals surface area (Å²) in [5.41, 5.74) is -0.812. The third-order valence-electron chi connectivity index (χ3n) is 3.82. The molecule has 0 radical (unpaired) electrons. The molecular weight excluding hydrogens is 340 g/mol. The van der Waals surface area contributed by atoms with Gasteiger partial charge in [-0.15, -0.1) is 0 Å². The molecule has 6 heteroatoms. The fraction of sp³-hybridized carbons (Fsp3) is 0.550. The second kappa shape index (κ2) is 7.63. The Morgan fingerprint density at radius 3 is 2.65 bits per heavy atom. The van der Waals surface area contributed by atoms with Gasteiger partial charge in [-0.05, 0) is 57.9 Å². The molecule has 0 fully saturated rings. The minimum absolute atomic E-state index is 0.0569. The molecule has 0 bridgehead atoms. The molecule has 1 heterocycles. The van der Waals surface area contributed by atoms with Crippen molar-refractivity contribution in [1.82, 2.24) is 5.32 Å². The van der Waals surface area contributed by atoms with Crippen LogP contribution >= 0.6 is 0 Å². The average Bonchev–Trinajstić information content (AvgIpc) is 2.48. The molecule has 1 aromatic rings. The van der Waals surface area contributed by atoms with Gasteiger partial charge < -0.3 is 14.8 Å². The lowest BCUT2D eigenvalue weighted by atomic mass is 9.82. The highest BCUT2D eigenvalue weighted by molar-refractivity contribution is 5.68. The van der Waals surface area contributed by atoms with Crippen molar-refractivity contribution >= 4 is 6.09 Å². The number of halogens is 2. The zero-order valence-corrected chi connectivity index (χ0v) is 15.8. The zero-order chi connectivity index (χ0) is 19.5. The second-order valence-corrected chi connectivity index (χ2v) is 7.79. The van der Waals surface area contributed by atoms with Crippen LogP contribution in [0, 0.1) is 17.7 Å². The maximum absolute atomic E-state index is 14.6. The Labute approximate surface area is 153 Å². The van der Waals surface area contributed by atoms with E-state index in [9.17, 15) is 13.6 Å². The number of benzene rings is 1. The van der Waals surface area contributed by atoms with Crippen LogP contribution in [0.4, 0.5) is 13.6 Å². The van der Waals surface area contributed by atoms with Crippen LogP contribution < -0.4 is 5.32 Å². The lowest BCUT2D eigenvalue weighted by Gasteiger charge is -2.36. The van der Waals surface area contributed by atoms with Crippen molar-refractivity contribution < 1.29 is 23.0 Å². The maximum atomic E-state index is 14.6. The van der Waals surface area contributed by atoms with Crippen LogP contribution in [0.15, 0.2) is 18.2 Å². The van der Waals surface area contributed by atoms with E-state index in [2.05, 4.69) is 17.2 Å². The fourth-order valence-electron chi connectivity index (χ4n) is 2.78. The number of fused-ring (bicyclic) bond motifs is 1. The SMILES string of the molecule is CC(C)(C)OC(=O)NCC#C[C@@H]1c2ccc(F)cc2CO[C@@H]1C(C)(C)F. The number of hydrogen-bond donors (Lipinski definition) is 1. The van der Waals surface area contributed by atoms with Crippen LogP contribution in [0.3, 0.4) is 0 Å². The number of carbonyl (C=O) groups is 1. The van der Waals surface area contributed by atoms with Gasteiger partial charge in [-0.25, -0.2) is 13.6 Å². The van der Waals surface area contributed by atoms with Gasteiger partial charge in [-0.2, -0.15) is 0 Å². The lowest BCUT2D eigenvalue weighted by molar-refractivity contribution is -0.0673. The predicted molar refractivity (Wildman–Crippen MR) is 94.9 cm³/mol. The third kappa shape index (κ3) is 5.43. The number of nitrogens with one attached hydrogen (secondary N) is 1. The van der Waals surface area contributed by atoms with Crippen LogP contribution in [-0.2, 0) is 16.1 Å². The van der Waals surface area contributed by atoms with Crippen molar-refractivity contribution in [2.24, 2.45) is 0 Å². The van der Waals surface area contributed by atoms with E-state index in [1.165, 1.54) is 26.0 Å². The minimum atomic E-state index is -1.62. The number of alkyl carbamates (subject to hydrolysis) is 1. The first kappa shape index (κ1) is 20.2. The fourth-order valence-corrected chi connectivity index (χ4v) is 2.78. The van der Waals surface area contributed by atoms with Crippen molar-refractivity contribution in [2.45, 2.75) is 64.5 Å². The molecule has 26 heavy (non-hydrogen) atoms. The van der Waals surface area contributed by atoms with E-state index in [0.29, 0.717) is 5.56 Å². The molecule has 1 aliphatic heterocycles. The molecule has 0 aliphatic carbocycles. The van der Waals surface area contributed by atoms with Crippen molar-refractivity contribution in [2.75, 3.05) is 6.54 Å². The Hall–Kier alpha value is -2.13. The summed E-state index contributed by atoms with van der Waals surface area (Å²) in [6.45, 7) is 8.35. The van der Waals surface area contributed by atoms with Gasteiger partial charge in [0.15, 0.2) is 0 Å². The highest BCUT2D eigenvalue weighted by Crippen LogP contribution is 2.37. The summed E-state index contributed by atoms with van der Waals surface area (Å²) < 4.78 is 38.8. The first-order chi connectivity index (χ1) is 12.0. The van der Waals surface area contributed by atoms with Crippen molar-refractivity contribution in [3.8, 4) is 11.8 Å². The third-order valence-corrected chi connectivity index (χ3v) is 3.82.